The average molecular weight is 242 g/mol. The van der Waals surface area contributed by atoms with Crippen LogP contribution in [0.3, 0.4) is 0 Å². The van der Waals surface area contributed by atoms with E-state index in [4.69, 9.17) is 29.6 Å². The Labute approximate surface area is 98.6 Å². The average Bonchev–Trinajstić information content (AvgIpc) is 2.22. The van der Waals surface area contributed by atoms with Crippen molar-refractivity contribution in [2.24, 2.45) is 0 Å². The smallest absolute Gasteiger partial charge is 0.178 e. The Bertz CT molecular complexity index is 410. The number of hydrogen-bond donors (Lipinski definition) is 1. The number of carbonyl (C=O) groups excluding carboxylic acids is 1. The lowest BCUT2D eigenvalue weighted by Crippen LogP contribution is -2.23. The van der Waals surface area contributed by atoms with E-state index in [1.807, 2.05) is 0 Å². The molecule has 0 radical (unpaired) electrons. The lowest BCUT2D eigenvalue weighted by molar-refractivity contribution is 0.0992. The molecule has 78 valence electrons. The minimum Gasteiger partial charge on any atom is -0.299 e. The van der Waals surface area contributed by atoms with E-state index in [1.54, 1.807) is 18.2 Å². The molecule has 0 fully saturated rings. The monoisotopic (exact) mass is 241 g/mol. The maximum atomic E-state index is 11.6. The Kier molecular flexibility index (Phi) is 4.64. The zero-order valence-corrected chi connectivity index (χ0v) is 9.40. The molecule has 0 atom stereocenters. The lowest BCUT2D eigenvalue weighted by atomic mass is 10.1. The third-order valence-corrected chi connectivity index (χ3v) is 2.31. The third-order valence-electron chi connectivity index (χ3n) is 1.74. The number of ketones is 1. The van der Waals surface area contributed by atoms with Crippen LogP contribution in [0.4, 0.5) is 0 Å². The second-order valence-electron chi connectivity index (χ2n) is 2.86. The van der Waals surface area contributed by atoms with E-state index in [0.29, 0.717) is 22.2 Å². The predicted octanol–water partition coefficient (Wildman–Crippen LogP) is 2.40. The maximum absolute atomic E-state index is 11.6. The lowest BCUT2D eigenvalue weighted by Gasteiger charge is -2.04. The number of Topliss-reactive ketones (excluding diaryl/α,β-unsaturated/α-hetero) is 1. The van der Waals surface area contributed by atoms with Gasteiger partial charge in [-0.3, -0.25) is 10.1 Å². The van der Waals surface area contributed by atoms with Gasteiger partial charge in [0.25, 0.3) is 0 Å². The first-order valence-corrected chi connectivity index (χ1v) is 5.03. The van der Waals surface area contributed by atoms with Crippen LogP contribution in [0.5, 0.6) is 0 Å². The summed E-state index contributed by atoms with van der Waals surface area (Å²) >= 11 is 11.6. The topological polar surface area (TPSA) is 29.1 Å². The van der Waals surface area contributed by atoms with Crippen molar-refractivity contribution in [3.63, 3.8) is 0 Å². The van der Waals surface area contributed by atoms with Gasteiger partial charge in [0, 0.05) is 10.6 Å². The highest BCUT2D eigenvalue weighted by atomic mass is 35.5. The number of terminal acetylenes is 1. The Morgan fingerprint density at radius 3 is 2.87 bits per heavy atom. The van der Waals surface area contributed by atoms with E-state index in [0.717, 1.165) is 0 Å². The molecule has 0 saturated carbocycles. The van der Waals surface area contributed by atoms with Crippen molar-refractivity contribution in [1.82, 2.24) is 5.32 Å². The first kappa shape index (κ1) is 12.1. The molecule has 15 heavy (non-hydrogen) atoms. The highest BCUT2D eigenvalue weighted by molar-refractivity contribution is 6.36. The Balaban J connectivity index is 2.73. The van der Waals surface area contributed by atoms with E-state index >= 15 is 0 Å². The van der Waals surface area contributed by atoms with Crippen molar-refractivity contribution >= 4 is 29.0 Å². The van der Waals surface area contributed by atoms with E-state index in [9.17, 15) is 4.79 Å². The zero-order chi connectivity index (χ0) is 11.3. The molecule has 0 unspecified atom stereocenters. The van der Waals surface area contributed by atoms with Crippen LogP contribution >= 0.6 is 23.2 Å². The standard InChI is InChI=1S/C11H9Cl2NO/c1-2-5-14-7-11(15)9-6-8(12)3-4-10(9)13/h1,3-4,6,14H,5,7H2. The predicted molar refractivity (Wildman–Crippen MR) is 62.5 cm³/mol. The normalized spacial score (nSPS) is 9.67. The molecule has 0 heterocycles. The molecule has 0 aromatic heterocycles. The van der Waals surface area contributed by atoms with Gasteiger partial charge in [-0.1, -0.05) is 29.1 Å². The first-order valence-electron chi connectivity index (χ1n) is 4.27. The molecule has 1 rings (SSSR count). The summed E-state index contributed by atoms with van der Waals surface area (Å²) in [6.45, 7) is 0.508. The van der Waals surface area contributed by atoms with Gasteiger partial charge in [-0.2, -0.15) is 0 Å². The van der Waals surface area contributed by atoms with Crippen LogP contribution in [0.1, 0.15) is 10.4 Å². The van der Waals surface area contributed by atoms with E-state index in [-0.39, 0.29) is 12.3 Å². The fraction of sp³-hybridized carbons (Fsp3) is 0.182. The zero-order valence-electron chi connectivity index (χ0n) is 7.89. The van der Waals surface area contributed by atoms with Crippen molar-refractivity contribution in [3.8, 4) is 12.3 Å². The fourth-order valence-corrected chi connectivity index (χ4v) is 1.45. The largest absolute Gasteiger partial charge is 0.299 e. The molecule has 0 bridgehead atoms. The van der Waals surface area contributed by atoms with Gasteiger partial charge in [0.05, 0.1) is 18.1 Å². The summed E-state index contributed by atoms with van der Waals surface area (Å²) in [5, 5.41) is 3.67. The summed E-state index contributed by atoms with van der Waals surface area (Å²) in [5.74, 6) is 2.25. The SMILES string of the molecule is C#CCNCC(=O)c1cc(Cl)ccc1Cl. The molecule has 0 aliphatic carbocycles. The number of halogens is 2. The van der Waals surface area contributed by atoms with E-state index in [2.05, 4.69) is 11.2 Å². The van der Waals surface area contributed by atoms with Crippen LogP contribution in [-0.2, 0) is 0 Å². The molecule has 0 amide bonds. The van der Waals surface area contributed by atoms with Crippen LogP contribution in [0.15, 0.2) is 18.2 Å². The summed E-state index contributed by atoms with van der Waals surface area (Å²) in [4.78, 5) is 11.6. The molecule has 1 N–H and O–H groups in total. The summed E-state index contributed by atoms with van der Waals surface area (Å²) in [6.07, 6.45) is 5.04. The van der Waals surface area contributed by atoms with Crippen molar-refractivity contribution in [2.45, 2.75) is 0 Å². The highest BCUT2D eigenvalue weighted by Gasteiger charge is 2.09. The van der Waals surface area contributed by atoms with Gasteiger partial charge in [0.2, 0.25) is 0 Å². The molecule has 0 saturated heterocycles. The Hall–Kier alpha value is -1.01. The van der Waals surface area contributed by atoms with Crippen LogP contribution in [0, 0.1) is 12.3 Å². The number of carbonyl (C=O) groups is 1. The number of benzene rings is 1. The van der Waals surface area contributed by atoms with Gasteiger partial charge >= 0.3 is 0 Å². The van der Waals surface area contributed by atoms with E-state index in [1.165, 1.54) is 0 Å². The first-order chi connectivity index (χ1) is 7.15. The van der Waals surface area contributed by atoms with Gasteiger partial charge in [-0.25, -0.2) is 0 Å². The highest BCUT2D eigenvalue weighted by Crippen LogP contribution is 2.20. The maximum Gasteiger partial charge on any atom is 0.178 e. The number of rotatable bonds is 4. The molecule has 0 spiro atoms. The van der Waals surface area contributed by atoms with Crippen LogP contribution < -0.4 is 5.32 Å². The molecule has 0 aliphatic heterocycles. The third kappa shape index (κ3) is 3.56. The Morgan fingerprint density at radius 1 is 1.47 bits per heavy atom. The minimum atomic E-state index is -0.127. The number of hydrogen-bond acceptors (Lipinski definition) is 2. The number of nitrogens with one attached hydrogen (secondary N) is 1. The molecule has 1 aromatic carbocycles. The molecular weight excluding hydrogens is 233 g/mol. The van der Waals surface area contributed by atoms with Gasteiger partial charge in [0.1, 0.15) is 0 Å². The van der Waals surface area contributed by atoms with E-state index < -0.39 is 0 Å². The summed E-state index contributed by atoms with van der Waals surface area (Å²) in [6, 6.07) is 4.78. The molecule has 4 heteroatoms. The van der Waals surface area contributed by atoms with Crippen molar-refractivity contribution < 1.29 is 4.79 Å². The molecule has 1 aromatic rings. The van der Waals surface area contributed by atoms with Crippen molar-refractivity contribution in [3.05, 3.63) is 33.8 Å². The van der Waals surface area contributed by atoms with Crippen LogP contribution in [0.2, 0.25) is 10.0 Å². The summed E-state index contributed by atoms with van der Waals surface area (Å²) in [5.41, 5.74) is 0.411. The van der Waals surface area contributed by atoms with Gasteiger partial charge < -0.3 is 0 Å². The second-order valence-corrected chi connectivity index (χ2v) is 3.70. The fourth-order valence-electron chi connectivity index (χ4n) is 1.05. The molecule has 2 nitrogen and oxygen atoms in total. The van der Waals surface area contributed by atoms with Gasteiger partial charge in [-0.15, -0.1) is 6.42 Å². The van der Waals surface area contributed by atoms with Crippen molar-refractivity contribution in [1.29, 1.82) is 0 Å². The van der Waals surface area contributed by atoms with Gasteiger partial charge in [-0.05, 0) is 18.2 Å². The second kappa shape index (κ2) is 5.77. The molecule has 0 aliphatic rings. The Morgan fingerprint density at radius 2 is 2.20 bits per heavy atom. The van der Waals surface area contributed by atoms with Gasteiger partial charge in [0.15, 0.2) is 5.78 Å². The quantitative estimate of drug-likeness (QED) is 0.499. The minimum absolute atomic E-state index is 0.127. The van der Waals surface area contributed by atoms with Crippen LogP contribution in [0.25, 0.3) is 0 Å². The summed E-state index contributed by atoms with van der Waals surface area (Å²) < 4.78 is 0. The van der Waals surface area contributed by atoms with Crippen LogP contribution in [-0.4, -0.2) is 18.9 Å². The van der Waals surface area contributed by atoms with Crippen molar-refractivity contribution in [2.75, 3.05) is 13.1 Å². The molecular formula is C11H9Cl2NO. The summed E-state index contributed by atoms with van der Waals surface area (Å²) in [7, 11) is 0.